The fourth-order valence-corrected chi connectivity index (χ4v) is 1.29. The molecule has 16 heavy (non-hydrogen) atoms. The first-order chi connectivity index (χ1) is 7.74. The van der Waals surface area contributed by atoms with Crippen molar-refractivity contribution in [3.8, 4) is 0 Å². The molecule has 86 valence electrons. The Hall–Kier alpha value is -1.69. The molecule has 0 aliphatic rings. The van der Waals surface area contributed by atoms with Crippen LogP contribution in [0.1, 0.15) is 25.3 Å². The highest BCUT2D eigenvalue weighted by Gasteiger charge is 2.04. The van der Waals surface area contributed by atoms with Gasteiger partial charge in [0.1, 0.15) is 6.54 Å². The van der Waals surface area contributed by atoms with Crippen molar-refractivity contribution in [2.45, 2.75) is 33.0 Å². The van der Waals surface area contributed by atoms with E-state index in [1.165, 1.54) is 0 Å². The van der Waals surface area contributed by atoms with Crippen molar-refractivity contribution in [1.82, 2.24) is 25.5 Å². The van der Waals surface area contributed by atoms with E-state index in [2.05, 4.69) is 34.6 Å². The second kappa shape index (κ2) is 4.89. The maximum absolute atomic E-state index is 4.99. The fraction of sp³-hybridized carbons (Fsp3) is 0.500. The number of hydrogen-bond acceptors (Lipinski definition) is 5. The predicted molar refractivity (Wildman–Crippen MR) is 57.6 cm³/mol. The quantitative estimate of drug-likeness (QED) is 0.809. The first-order valence-corrected chi connectivity index (χ1v) is 5.26. The third-order valence-corrected chi connectivity index (χ3v) is 2.09. The van der Waals surface area contributed by atoms with E-state index in [1.807, 2.05) is 12.3 Å². The largest absolute Gasteiger partial charge is 0.359 e. The van der Waals surface area contributed by atoms with Crippen molar-refractivity contribution in [3.63, 3.8) is 0 Å². The van der Waals surface area contributed by atoms with Crippen LogP contribution in [0.5, 0.6) is 0 Å². The van der Waals surface area contributed by atoms with Crippen LogP contribution in [-0.2, 0) is 13.1 Å². The van der Waals surface area contributed by atoms with Crippen molar-refractivity contribution in [2.24, 2.45) is 0 Å². The molecule has 1 N–H and O–H groups in total. The van der Waals surface area contributed by atoms with E-state index in [-0.39, 0.29) is 0 Å². The fourth-order valence-electron chi connectivity index (χ4n) is 1.29. The van der Waals surface area contributed by atoms with Gasteiger partial charge in [-0.3, -0.25) is 0 Å². The van der Waals surface area contributed by atoms with E-state index in [0.29, 0.717) is 12.6 Å². The van der Waals surface area contributed by atoms with E-state index in [9.17, 15) is 0 Å². The van der Waals surface area contributed by atoms with Crippen LogP contribution in [0.4, 0.5) is 0 Å². The predicted octanol–water partition coefficient (Wildman–Crippen LogP) is 0.812. The zero-order valence-corrected chi connectivity index (χ0v) is 9.42. The minimum atomic E-state index is 0.444. The summed E-state index contributed by atoms with van der Waals surface area (Å²) in [6, 6.07) is 2.26. The van der Waals surface area contributed by atoms with E-state index in [0.717, 1.165) is 18.0 Å². The van der Waals surface area contributed by atoms with Gasteiger partial charge in [-0.05, 0) is 0 Å². The van der Waals surface area contributed by atoms with E-state index >= 15 is 0 Å². The number of rotatable bonds is 5. The van der Waals surface area contributed by atoms with E-state index in [4.69, 9.17) is 4.52 Å². The van der Waals surface area contributed by atoms with Gasteiger partial charge in [-0.2, -0.15) is 0 Å². The normalized spacial score (nSPS) is 11.2. The minimum Gasteiger partial charge on any atom is -0.359 e. The molecule has 0 spiro atoms. The van der Waals surface area contributed by atoms with Crippen LogP contribution >= 0.6 is 0 Å². The molecule has 0 amide bonds. The molecule has 2 aromatic rings. The lowest BCUT2D eigenvalue weighted by Crippen LogP contribution is -2.21. The standard InChI is InChI=1S/C10H15N5O/c1-8(2)11-5-9-6-15(14-13-9)7-10-3-4-12-16-10/h3-4,6,8,11H,5,7H2,1-2H3. The summed E-state index contributed by atoms with van der Waals surface area (Å²) in [5, 5.41) is 15.0. The van der Waals surface area contributed by atoms with Crippen LogP contribution in [0.25, 0.3) is 0 Å². The molecule has 0 aliphatic heterocycles. The summed E-state index contributed by atoms with van der Waals surface area (Å²) in [6.07, 6.45) is 3.52. The molecule has 0 unspecified atom stereocenters. The molecule has 6 heteroatoms. The lowest BCUT2D eigenvalue weighted by atomic mass is 10.3. The smallest absolute Gasteiger partial charge is 0.158 e. The Morgan fingerprint density at radius 1 is 1.50 bits per heavy atom. The van der Waals surface area contributed by atoms with Crippen LogP contribution in [-0.4, -0.2) is 26.2 Å². The average Bonchev–Trinajstić information content (AvgIpc) is 2.87. The third kappa shape index (κ3) is 2.90. The lowest BCUT2D eigenvalue weighted by Gasteiger charge is -2.03. The molecule has 0 aliphatic carbocycles. The summed E-state index contributed by atoms with van der Waals surface area (Å²) in [6.45, 7) is 5.49. The Balaban J connectivity index is 1.92. The number of aromatic nitrogens is 4. The summed E-state index contributed by atoms with van der Waals surface area (Å²) >= 11 is 0. The van der Waals surface area contributed by atoms with Gasteiger partial charge in [0.15, 0.2) is 5.76 Å². The van der Waals surface area contributed by atoms with Crippen LogP contribution in [0.15, 0.2) is 23.0 Å². The van der Waals surface area contributed by atoms with E-state index in [1.54, 1.807) is 10.9 Å². The number of hydrogen-bond donors (Lipinski definition) is 1. The van der Waals surface area contributed by atoms with Gasteiger partial charge in [-0.15, -0.1) is 5.10 Å². The zero-order valence-electron chi connectivity index (χ0n) is 9.42. The molecule has 0 radical (unpaired) electrons. The Morgan fingerprint density at radius 2 is 2.38 bits per heavy atom. The third-order valence-electron chi connectivity index (χ3n) is 2.09. The van der Waals surface area contributed by atoms with Gasteiger partial charge in [0.2, 0.25) is 0 Å². The topological polar surface area (TPSA) is 68.8 Å². The monoisotopic (exact) mass is 221 g/mol. The molecular formula is C10H15N5O. The SMILES string of the molecule is CC(C)NCc1cn(Cc2ccno2)nn1. The first kappa shape index (κ1) is 10.8. The Bertz CT molecular complexity index is 420. The summed E-state index contributed by atoms with van der Waals surface area (Å²) in [7, 11) is 0. The van der Waals surface area contributed by atoms with Crippen LogP contribution in [0, 0.1) is 0 Å². The Morgan fingerprint density at radius 3 is 3.06 bits per heavy atom. The highest BCUT2D eigenvalue weighted by atomic mass is 16.5. The molecule has 0 aromatic carbocycles. The molecule has 0 saturated heterocycles. The molecule has 0 atom stereocenters. The van der Waals surface area contributed by atoms with Crippen molar-refractivity contribution in [3.05, 3.63) is 29.9 Å². The Kier molecular flexibility index (Phi) is 3.31. The van der Waals surface area contributed by atoms with Gasteiger partial charge >= 0.3 is 0 Å². The highest BCUT2D eigenvalue weighted by molar-refractivity contribution is 4.97. The molecule has 0 saturated carbocycles. The molecule has 6 nitrogen and oxygen atoms in total. The molecular weight excluding hydrogens is 206 g/mol. The second-order valence-corrected chi connectivity index (χ2v) is 3.92. The van der Waals surface area contributed by atoms with Crippen molar-refractivity contribution in [2.75, 3.05) is 0 Å². The van der Waals surface area contributed by atoms with Crippen molar-refractivity contribution >= 4 is 0 Å². The Labute approximate surface area is 93.6 Å². The number of nitrogens with one attached hydrogen (secondary N) is 1. The van der Waals surface area contributed by atoms with Crippen molar-refractivity contribution < 1.29 is 4.52 Å². The van der Waals surface area contributed by atoms with Gasteiger partial charge in [0, 0.05) is 18.7 Å². The van der Waals surface area contributed by atoms with Gasteiger partial charge in [0.25, 0.3) is 0 Å². The van der Waals surface area contributed by atoms with E-state index < -0.39 is 0 Å². The zero-order chi connectivity index (χ0) is 11.4. The molecule has 2 heterocycles. The average molecular weight is 221 g/mol. The summed E-state index contributed by atoms with van der Waals surface area (Å²) < 4.78 is 6.72. The highest BCUT2D eigenvalue weighted by Crippen LogP contribution is 2.01. The summed E-state index contributed by atoms with van der Waals surface area (Å²) in [5.74, 6) is 0.772. The maximum Gasteiger partial charge on any atom is 0.158 e. The van der Waals surface area contributed by atoms with Gasteiger partial charge in [0.05, 0.1) is 18.1 Å². The molecule has 2 aromatic heterocycles. The molecule has 0 fully saturated rings. The molecule has 0 bridgehead atoms. The summed E-state index contributed by atoms with van der Waals surface area (Å²) in [4.78, 5) is 0. The maximum atomic E-state index is 4.99. The first-order valence-electron chi connectivity index (χ1n) is 5.26. The summed E-state index contributed by atoms with van der Waals surface area (Å²) in [5.41, 5.74) is 0.924. The van der Waals surface area contributed by atoms with Gasteiger partial charge in [-0.25, -0.2) is 4.68 Å². The van der Waals surface area contributed by atoms with Gasteiger partial charge < -0.3 is 9.84 Å². The second-order valence-electron chi connectivity index (χ2n) is 3.92. The number of nitrogens with zero attached hydrogens (tertiary/aromatic N) is 4. The van der Waals surface area contributed by atoms with Crippen molar-refractivity contribution in [1.29, 1.82) is 0 Å². The molecule has 2 rings (SSSR count). The van der Waals surface area contributed by atoms with Crippen LogP contribution in [0.3, 0.4) is 0 Å². The lowest BCUT2D eigenvalue weighted by molar-refractivity contribution is 0.370. The van der Waals surface area contributed by atoms with Crippen LogP contribution < -0.4 is 5.32 Å². The minimum absolute atomic E-state index is 0.444. The van der Waals surface area contributed by atoms with Gasteiger partial charge in [-0.1, -0.05) is 24.2 Å². The van der Waals surface area contributed by atoms with Crippen LogP contribution in [0.2, 0.25) is 0 Å².